The minimum atomic E-state index is 0.906. The van der Waals surface area contributed by atoms with E-state index in [1.807, 2.05) is 6.07 Å². The van der Waals surface area contributed by atoms with Crippen LogP contribution in [0.15, 0.2) is 42.0 Å². The number of nitrogens with one attached hydrogen (secondary N) is 1. The number of ether oxygens (including phenoxy) is 1. The minimum absolute atomic E-state index is 0.906. The lowest BCUT2D eigenvalue weighted by molar-refractivity contribution is 0.415. The van der Waals surface area contributed by atoms with Crippen LogP contribution in [0.4, 0.5) is 0 Å². The van der Waals surface area contributed by atoms with E-state index in [1.54, 1.807) is 7.11 Å². The van der Waals surface area contributed by atoms with Gasteiger partial charge in [0, 0.05) is 6.54 Å². The molecule has 2 aromatic carbocycles. The first-order valence-electron chi connectivity index (χ1n) is 7.74. The summed E-state index contributed by atoms with van der Waals surface area (Å²) in [5, 5.41) is 5.94. The summed E-state index contributed by atoms with van der Waals surface area (Å²) >= 11 is 0. The second-order valence-corrected chi connectivity index (χ2v) is 5.31. The largest absolute Gasteiger partial charge is 0.497 e. The van der Waals surface area contributed by atoms with E-state index in [4.69, 9.17) is 4.74 Å². The van der Waals surface area contributed by atoms with Crippen LogP contribution in [0.5, 0.6) is 5.75 Å². The maximum Gasteiger partial charge on any atom is 0.119 e. The van der Waals surface area contributed by atoms with E-state index in [1.165, 1.54) is 28.3 Å². The van der Waals surface area contributed by atoms with Gasteiger partial charge in [0.15, 0.2) is 0 Å². The van der Waals surface area contributed by atoms with E-state index < -0.39 is 0 Å². The summed E-state index contributed by atoms with van der Waals surface area (Å²) < 4.78 is 5.27. The zero-order valence-electron chi connectivity index (χ0n) is 13.3. The van der Waals surface area contributed by atoms with Gasteiger partial charge in [-0.05, 0) is 53.9 Å². The van der Waals surface area contributed by atoms with Crippen molar-refractivity contribution in [1.29, 1.82) is 0 Å². The number of benzene rings is 2. The summed E-state index contributed by atoms with van der Waals surface area (Å²) in [5.41, 5.74) is 2.71. The Hall–Kier alpha value is -1.80. The predicted octanol–water partition coefficient (Wildman–Crippen LogP) is 4.64. The molecule has 21 heavy (non-hydrogen) atoms. The molecule has 0 unspecified atom stereocenters. The molecular weight excluding hydrogens is 258 g/mol. The average molecular weight is 283 g/mol. The Kier molecular flexibility index (Phi) is 5.82. The molecule has 0 heterocycles. The van der Waals surface area contributed by atoms with Crippen LogP contribution < -0.4 is 10.1 Å². The van der Waals surface area contributed by atoms with Crippen LogP contribution in [0, 0.1) is 0 Å². The smallest absolute Gasteiger partial charge is 0.119 e. The summed E-state index contributed by atoms with van der Waals surface area (Å²) in [7, 11) is 1.70. The topological polar surface area (TPSA) is 21.3 Å². The maximum atomic E-state index is 5.27. The van der Waals surface area contributed by atoms with E-state index in [-0.39, 0.29) is 0 Å². The van der Waals surface area contributed by atoms with Gasteiger partial charge >= 0.3 is 0 Å². The van der Waals surface area contributed by atoms with Gasteiger partial charge in [-0.15, -0.1) is 0 Å². The number of hydrogen-bond acceptors (Lipinski definition) is 2. The standard InChI is InChI=1S/C19H25NO/c1-4-10-20-14-15(5-2)11-16-6-7-18-13-19(21-3)9-8-17(18)12-16/h6-9,11-13,20H,4-5,10,14H2,1-3H3. The summed E-state index contributed by atoms with van der Waals surface area (Å²) in [5.74, 6) is 0.906. The third-order valence-electron chi connectivity index (χ3n) is 3.68. The van der Waals surface area contributed by atoms with Gasteiger partial charge in [0.05, 0.1) is 7.11 Å². The fourth-order valence-corrected chi connectivity index (χ4v) is 2.40. The normalized spacial score (nSPS) is 11.9. The molecule has 0 fully saturated rings. The van der Waals surface area contributed by atoms with Crippen molar-refractivity contribution in [3.8, 4) is 5.75 Å². The van der Waals surface area contributed by atoms with Crippen molar-refractivity contribution >= 4 is 16.8 Å². The van der Waals surface area contributed by atoms with Gasteiger partial charge in [-0.25, -0.2) is 0 Å². The van der Waals surface area contributed by atoms with Crippen LogP contribution in [-0.2, 0) is 0 Å². The van der Waals surface area contributed by atoms with E-state index in [2.05, 4.69) is 55.6 Å². The quantitative estimate of drug-likeness (QED) is 0.747. The van der Waals surface area contributed by atoms with Gasteiger partial charge in [0.25, 0.3) is 0 Å². The Morgan fingerprint density at radius 2 is 1.86 bits per heavy atom. The molecule has 2 rings (SSSR count). The molecule has 0 aliphatic carbocycles. The summed E-state index contributed by atoms with van der Waals surface area (Å²) in [6, 6.07) is 12.8. The van der Waals surface area contributed by atoms with Crippen molar-refractivity contribution in [1.82, 2.24) is 5.32 Å². The molecular formula is C19H25NO. The fraction of sp³-hybridized carbons (Fsp3) is 0.368. The zero-order valence-corrected chi connectivity index (χ0v) is 13.3. The third kappa shape index (κ3) is 4.33. The Morgan fingerprint density at radius 3 is 2.57 bits per heavy atom. The monoisotopic (exact) mass is 283 g/mol. The lowest BCUT2D eigenvalue weighted by Gasteiger charge is -2.08. The average Bonchev–Trinajstić information content (AvgIpc) is 2.53. The van der Waals surface area contributed by atoms with E-state index >= 15 is 0 Å². The number of methoxy groups -OCH3 is 1. The highest BCUT2D eigenvalue weighted by atomic mass is 16.5. The van der Waals surface area contributed by atoms with Crippen molar-refractivity contribution in [2.24, 2.45) is 0 Å². The summed E-state index contributed by atoms with van der Waals surface area (Å²) in [6.07, 6.45) is 4.55. The van der Waals surface area contributed by atoms with Crippen LogP contribution in [0.3, 0.4) is 0 Å². The van der Waals surface area contributed by atoms with Crippen molar-refractivity contribution < 1.29 is 4.74 Å². The van der Waals surface area contributed by atoms with Gasteiger partial charge in [-0.2, -0.15) is 0 Å². The molecule has 0 saturated heterocycles. The molecule has 112 valence electrons. The Morgan fingerprint density at radius 1 is 1.10 bits per heavy atom. The third-order valence-corrected chi connectivity index (χ3v) is 3.68. The molecule has 0 atom stereocenters. The molecule has 0 spiro atoms. The van der Waals surface area contributed by atoms with Gasteiger partial charge in [-0.3, -0.25) is 0 Å². The highest BCUT2D eigenvalue weighted by Crippen LogP contribution is 2.23. The maximum absolute atomic E-state index is 5.27. The van der Waals surface area contributed by atoms with Gasteiger partial charge < -0.3 is 10.1 Å². The lowest BCUT2D eigenvalue weighted by atomic mass is 10.0. The first-order valence-corrected chi connectivity index (χ1v) is 7.74. The Labute approximate surface area is 127 Å². The summed E-state index contributed by atoms with van der Waals surface area (Å²) in [6.45, 7) is 6.46. The number of hydrogen-bond donors (Lipinski definition) is 1. The zero-order chi connectivity index (χ0) is 15.1. The van der Waals surface area contributed by atoms with Gasteiger partial charge in [0.1, 0.15) is 5.75 Å². The molecule has 0 aromatic heterocycles. The molecule has 2 nitrogen and oxygen atoms in total. The molecule has 0 bridgehead atoms. The minimum Gasteiger partial charge on any atom is -0.497 e. The molecule has 2 aromatic rings. The molecule has 0 radical (unpaired) electrons. The molecule has 0 aliphatic heterocycles. The Bertz CT molecular complexity index is 616. The first kappa shape index (κ1) is 15.6. The van der Waals surface area contributed by atoms with Gasteiger partial charge in [-0.1, -0.05) is 43.7 Å². The SMILES string of the molecule is CCCNCC(=Cc1ccc2cc(OC)ccc2c1)CC. The van der Waals surface area contributed by atoms with Crippen LogP contribution >= 0.6 is 0 Å². The van der Waals surface area contributed by atoms with E-state index in [0.29, 0.717) is 0 Å². The molecule has 0 saturated carbocycles. The van der Waals surface area contributed by atoms with E-state index in [0.717, 1.165) is 25.3 Å². The highest BCUT2D eigenvalue weighted by Gasteiger charge is 1.99. The Balaban J connectivity index is 2.21. The molecule has 0 amide bonds. The predicted molar refractivity (Wildman–Crippen MR) is 91.9 cm³/mol. The van der Waals surface area contributed by atoms with Crippen molar-refractivity contribution in [2.75, 3.05) is 20.2 Å². The first-order chi connectivity index (χ1) is 10.3. The van der Waals surface area contributed by atoms with Crippen LogP contribution in [0.1, 0.15) is 32.3 Å². The van der Waals surface area contributed by atoms with E-state index in [9.17, 15) is 0 Å². The van der Waals surface area contributed by atoms with Crippen LogP contribution in [0.25, 0.3) is 16.8 Å². The lowest BCUT2D eigenvalue weighted by Crippen LogP contribution is -2.17. The second kappa shape index (κ2) is 7.84. The molecule has 2 heteroatoms. The van der Waals surface area contributed by atoms with Crippen molar-refractivity contribution in [2.45, 2.75) is 26.7 Å². The molecule has 1 N–H and O–H groups in total. The fourth-order valence-electron chi connectivity index (χ4n) is 2.40. The van der Waals surface area contributed by atoms with Crippen molar-refractivity contribution in [3.05, 3.63) is 47.5 Å². The highest BCUT2D eigenvalue weighted by molar-refractivity contribution is 5.86. The van der Waals surface area contributed by atoms with Crippen molar-refractivity contribution in [3.63, 3.8) is 0 Å². The second-order valence-electron chi connectivity index (χ2n) is 5.31. The summed E-state index contributed by atoms with van der Waals surface area (Å²) in [4.78, 5) is 0. The molecule has 0 aliphatic rings. The van der Waals surface area contributed by atoms with Crippen LogP contribution in [-0.4, -0.2) is 20.2 Å². The van der Waals surface area contributed by atoms with Crippen LogP contribution in [0.2, 0.25) is 0 Å². The van der Waals surface area contributed by atoms with Gasteiger partial charge in [0.2, 0.25) is 0 Å². The number of rotatable bonds is 7. The number of fused-ring (bicyclic) bond motifs is 1.